The highest BCUT2D eigenvalue weighted by atomic mass is 16.1. The number of amides is 1. The van der Waals surface area contributed by atoms with Crippen molar-refractivity contribution in [3.63, 3.8) is 0 Å². The summed E-state index contributed by atoms with van der Waals surface area (Å²) in [7, 11) is 0. The van der Waals surface area contributed by atoms with E-state index in [2.05, 4.69) is 6.92 Å². The van der Waals surface area contributed by atoms with E-state index in [4.69, 9.17) is 5.73 Å². The third kappa shape index (κ3) is 3.97. The summed E-state index contributed by atoms with van der Waals surface area (Å²) in [6.07, 6.45) is 1.65. The highest BCUT2D eigenvalue weighted by Gasteiger charge is 1.93. The van der Waals surface area contributed by atoms with Crippen molar-refractivity contribution < 1.29 is 4.79 Å². The molecule has 0 rings (SSSR count). The van der Waals surface area contributed by atoms with Crippen LogP contribution in [0.5, 0.6) is 0 Å². The molecule has 0 unspecified atom stereocenters. The van der Waals surface area contributed by atoms with Gasteiger partial charge in [0.15, 0.2) is 0 Å². The summed E-state index contributed by atoms with van der Waals surface area (Å²) in [5, 5.41) is 0. The zero-order valence-electron chi connectivity index (χ0n) is 5.55. The zero-order chi connectivity index (χ0) is 7.11. The average Bonchev–Trinajstić information content (AvgIpc) is 1.91. The predicted octanol–water partition coefficient (Wildman–Crippen LogP) is -0.372. The van der Waals surface area contributed by atoms with Gasteiger partial charge < -0.3 is 10.6 Å². The molecule has 53 valence electrons. The maximum Gasteiger partial charge on any atom is 0.209 e. The lowest BCUT2D eigenvalue weighted by atomic mass is 10.4. The monoisotopic (exact) mass is 129 g/mol. The van der Waals surface area contributed by atoms with E-state index in [0.29, 0.717) is 13.1 Å². The first-order valence-corrected chi connectivity index (χ1v) is 3.03. The molecule has 0 aromatic rings. The van der Waals surface area contributed by atoms with Crippen LogP contribution >= 0.6 is 0 Å². The zero-order valence-corrected chi connectivity index (χ0v) is 5.55. The maximum atomic E-state index is 10.1. The Kier molecular flexibility index (Phi) is 5.21. The van der Waals surface area contributed by atoms with Crippen molar-refractivity contribution in [1.82, 2.24) is 4.90 Å². The lowest BCUT2D eigenvalue weighted by molar-refractivity contribution is -0.117. The number of nitrogens with two attached hydrogens (primary N) is 1. The molecule has 3 nitrogen and oxygen atoms in total. The Morgan fingerprint density at radius 2 is 2.33 bits per heavy atom. The van der Waals surface area contributed by atoms with Crippen LogP contribution in [0.4, 0.5) is 0 Å². The molecule has 0 fully saturated rings. The van der Waals surface area contributed by atoms with Crippen LogP contribution in [0.25, 0.3) is 0 Å². The van der Waals surface area contributed by atoms with Crippen LogP contribution in [-0.2, 0) is 4.79 Å². The second-order valence-corrected chi connectivity index (χ2v) is 1.78. The van der Waals surface area contributed by atoms with Crippen molar-refractivity contribution in [2.75, 3.05) is 19.6 Å². The molecule has 0 aromatic carbocycles. The molecule has 0 aliphatic carbocycles. The summed E-state index contributed by atoms with van der Waals surface area (Å²) in [5.41, 5.74) is 5.22. The SMILES string of the molecule is [CH2]CN(C=O)CCCN. The second kappa shape index (κ2) is 5.56. The van der Waals surface area contributed by atoms with Crippen LogP contribution in [-0.4, -0.2) is 30.9 Å². The number of hydrogen-bond donors (Lipinski definition) is 1. The quantitative estimate of drug-likeness (QED) is 0.515. The van der Waals surface area contributed by atoms with Crippen molar-refractivity contribution in [2.45, 2.75) is 6.42 Å². The van der Waals surface area contributed by atoms with E-state index in [9.17, 15) is 4.79 Å². The summed E-state index contributed by atoms with van der Waals surface area (Å²) in [6.45, 7) is 5.45. The fraction of sp³-hybridized carbons (Fsp3) is 0.667. The van der Waals surface area contributed by atoms with Gasteiger partial charge in [-0.1, -0.05) is 0 Å². The number of nitrogens with zero attached hydrogens (tertiary/aromatic N) is 1. The van der Waals surface area contributed by atoms with E-state index in [1.807, 2.05) is 0 Å². The fourth-order valence-electron chi connectivity index (χ4n) is 0.512. The average molecular weight is 129 g/mol. The Hall–Kier alpha value is -0.570. The van der Waals surface area contributed by atoms with Gasteiger partial charge in [0.25, 0.3) is 0 Å². The van der Waals surface area contributed by atoms with Gasteiger partial charge in [0, 0.05) is 13.1 Å². The van der Waals surface area contributed by atoms with Crippen LogP contribution in [0, 0.1) is 6.92 Å². The normalized spacial score (nSPS) is 9.11. The van der Waals surface area contributed by atoms with Crippen molar-refractivity contribution in [2.24, 2.45) is 5.73 Å². The minimum Gasteiger partial charge on any atom is -0.345 e. The number of carbonyl (C=O) groups is 1. The molecule has 0 aromatic heterocycles. The predicted molar refractivity (Wildman–Crippen MR) is 36.7 cm³/mol. The van der Waals surface area contributed by atoms with Crippen LogP contribution in [0.15, 0.2) is 0 Å². The minimum atomic E-state index is 0.531. The Balaban J connectivity index is 3.20. The third-order valence-corrected chi connectivity index (χ3v) is 1.09. The molecule has 0 heterocycles. The number of carbonyl (C=O) groups excluding carboxylic acids is 1. The second-order valence-electron chi connectivity index (χ2n) is 1.78. The van der Waals surface area contributed by atoms with Crippen molar-refractivity contribution in [1.29, 1.82) is 0 Å². The highest BCUT2D eigenvalue weighted by Crippen LogP contribution is 1.83. The van der Waals surface area contributed by atoms with Crippen LogP contribution < -0.4 is 5.73 Å². The number of hydrogen-bond acceptors (Lipinski definition) is 2. The van der Waals surface area contributed by atoms with Gasteiger partial charge >= 0.3 is 0 Å². The van der Waals surface area contributed by atoms with Gasteiger partial charge in [0.05, 0.1) is 0 Å². The molecule has 1 amide bonds. The highest BCUT2D eigenvalue weighted by molar-refractivity contribution is 5.46. The van der Waals surface area contributed by atoms with Crippen LogP contribution in [0.2, 0.25) is 0 Å². The molecule has 0 bridgehead atoms. The lowest BCUT2D eigenvalue weighted by Crippen LogP contribution is -2.24. The summed E-state index contributed by atoms with van der Waals surface area (Å²) >= 11 is 0. The van der Waals surface area contributed by atoms with Crippen molar-refractivity contribution in [3.05, 3.63) is 6.92 Å². The van der Waals surface area contributed by atoms with E-state index >= 15 is 0 Å². The molecule has 0 spiro atoms. The Bertz CT molecular complexity index is 75.5. The minimum absolute atomic E-state index is 0.531. The van der Waals surface area contributed by atoms with E-state index < -0.39 is 0 Å². The van der Waals surface area contributed by atoms with E-state index in [0.717, 1.165) is 19.4 Å². The van der Waals surface area contributed by atoms with E-state index in [1.54, 1.807) is 4.90 Å². The summed E-state index contributed by atoms with van der Waals surface area (Å²) in [6, 6.07) is 0. The standard InChI is InChI=1S/C6H13N2O/c1-2-8(6-9)5-3-4-7/h6H,1-5,7H2. The molecule has 0 saturated heterocycles. The van der Waals surface area contributed by atoms with Gasteiger partial charge in [-0.25, -0.2) is 0 Å². The first-order valence-electron chi connectivity index (χ1n) is 3.03. The van der Waals surface area contributed by atoms with Crippen molar-refractivity contribution in [3.8, 4) is 0 Å². The molecule has 1 radical (unpaired) electrons. The first-order chi connectivity index (χ1) is 4.35. The maximum absolute atomic E-state index is 10.1. The van der Waals surface area contributed by atoms with Gasteiger partial charge in [-0.05, 0) is 19.9 Å². The third-order valence-electron chi connectivity index (χ3n) is 1.09. The Morgan fingerprint density at radius 3 is 2.67 bits per heavy atom. The van der Waals surface area contributed by atoms with Crippen molar-refractivity contribution >= 4 is 6.41 Å². The van der Waals surface area contributed by atoms with Gasteiger partial charge in [0.1, 0.15) is 0 Å². The molecular weight excluding hydrogens is 116 g/mol. The van der Waals surface area contributed by atoms with Crippen LogP contribution in [0.1, 0.15) is 6.42 Å². The molecule has 3 heteroatoms. The first kappa shape index (κ1) is 8.43. The van der Waals surface area contributed by atoms with Gasteiger partial charge in [0.2, 0.25) is 6.41 Å². The fourth-order valence-corrected chi connectivity index (χ4v) is 0.512. The Morgan fingerprint density at radius 1 is 1.67 bits per heavy atom. The topological polar surface area (TPSA) is 46.3 Å². The summed E-state index contributed by atoms with van der Waals surface area (Å²) < 4.78 is 0. The molecule has 0 atom stereocenters. The molecule has 0 saturated carbocycles. The number of rotatable bonds is 5. The van der Waals surface area contributed by atoms with Gasteiger partial charge in [-0.15, -0.1) is 0 Å². The van der Waals surface area contributed by atoms with Gasteiger partial charge in [-0.3, -0.25) is 4.79 Å². The Labute approximate surface area is 55.8 Å². The molecule has 2 N–H and O–H groups in total. The molecule has 0 aliphatic heterocycles. The smallest absolute Gasteiger partial charge is 0.209 e. The largest absolute Gasteiger partial charge is 0.345 e. The summed E-state index contributed by atoms with van der Waals surface area (Å²) in [5.74, 6) is 0. The molecule has 9 heavy (non-hydrogen) atoms. The molecular formula is C6H13N2O. The summed E-state index contributed by atoms with van der Waals surface area (Å²) in [4.78, 5) is 11.7. The van der Waals surface area contributed by atoms with Crippen LogP contribution in [0.3, 0.4) is 0 Å². The van der Waals surface area contributed by atoms with E-state index in [-0.39, 0.29) is 0 Å². The van der Waals surface area contributed by atoms with E-state index in [1.165, 1.54) is 0 Å². The van der Waals surface area contributed by atoms with Gasteiger partial charge in [-0.2, -0.15) is 0 Å². The molecule has 0 aliphatic rings. The lowest BCUT2D eigenvalue weighted by Gasteiger charge is -2.12.